The summed E-state index contributed by atoms with van der Waals surface area (Å²) in [7, 11) is 0. The Morgan fingerprint density at radius 1 is 1.37 bits per heavy atom. The van der Waals surface area contributed by atoms with Gasteiger partial charge >= 0.3 is 0 Å². The number of aryl methyl sites for hydroxylation is 1. The van der Waals surface area contributed by atoms with E-state index in [4.69, 9.17) is 23.2 Å². The SMILES string of the molecule is Cc1nc(Cl)c(C=O)c(NCCc2ccc(Cl)s2)n1. The van der Waals surface area contributed by atoms with Gasteiger partial charge in [0.1, 0.15) is 16.8 Å². The highest BCUT2D eigenvalue weighted by molar-refractivity contribution is 7.16. The van der Waals surface area contributed by atoms with Gasteiger partial charge in [-0.05, 0) is 25.5 Å². The molecule has 2 heterocycles. The molecular weight excluding hydrogens is 305 g/mol. The molecule has 0 amide bonds. The van der Waals surface area contributed by atoms with E-state index in [2.05, 4.69) is 15.3 Å². The number of carbonyl (C=O) groups excluding carboxylic acids is 1. The van der Waals surface area contributed by atoms with Crippen LogP contribution in [0.1, 0.15) is 21.1 Å². The zero-order valence-electron chi connectivity index (χ0n) is 10.1. The molecule has 0 saturated carbocycles. The lowest BCUT2D eigenvalue weighted by Gasteiger charge is -2.08. The van der Waals surface area contributed by atoms with Crippen molar-refractivity contribution in [2.24, 2.45) is 0 Å². The lowest BCUT2D eigenvalue weighted by atomic mass is 10.3. The Bertz CT molecular complexity index is 601. The molecule has 0 unspecified atom stereocenters. The molecule has 0 saturated heterocycles. The van der Waals surface area contributed by atoms with Crippen molar-refractivity contribution in [3.8, 4) is 0 Å². The molecule has 19 heavy (non-hydrogen) atoms. The summed E-state index contributed by atoms with van der Waals surface area (Å²) >= 11 is 13.3. The van der Waals surface area contributed by atoms with Crippen molar-refractivity contribution < 1.29 is 4.79 Å². The fourth-order valence-corrected chi connectivity index (χ4v) is 2.92. The second-order valence-electron chi connectivity index (χ2n) is 3.82. The number of rotatable bonds is 5. The summed E-state index contributed by atoms with van der Waals surface area (Å²) in [5.74, 6) is 0.993. The van der Waals surface area contributed by atoms with Crippen LogP contribution < -0.4 is 5.32 Å². The molecule has 0 atom stereocenters. The minimum atomic E-state index is 0.171. The molecule has 0 aliphatic rings. The van der Waals surface area contributed by atoms with Crippen LogP contribution in [-0.2, 0) is 6.42 Å². The lowest BCUT2D eigenvalue weighted by Crippen LogP contribution is -2.10. The van der Waals surface area contributed by atoms with Gasteiger partial charge in [-0.1, -0.05) is 23.2 Å². The van der Waals surface area contributed by atoms with Crippen molar-refractivity contribution >= 4 is 46.6 Å². The van der Waals surface area contributed by atoms with Crippen molar-refractivity contribution in [3.05, 3.63) is 37.9 Å². The monoisotopic (exact) mass is 315 g/mol. The molecule has 0 aromatic carbocycles. The highest BCUT2D eigenvalue weighted by atomic mass is 35.5. The maximum Gasteiger partial charge on any atom is 0.156 e. The fourth-order valence-electron chi connectivity index (χ4n) is 1.58. The molecule has 0 spiro atoms. The number of nitrogens with zero attached hydrogens (tertiary/aromatic N) is 2. The molecule has 2 aromatic rings. The van der Waals surface area contributed by atoms with Gasteiger partial charge in [-0.15, -0.1) is 11.3 Å². The van der Waals surface area contributed by atoms with E-state index in [0.717, 1.165) is 10.8 Å². The summed E-state index contributed by atoms with van der Waals surface area (Å²) in [6.07, 6.45) is 1.46. The zero-order valence-corrected chi connectivity index (χ0v) is 12.4. The van der Waals surface area contributed by atoms with Crippen molar-refractivity contribution in [3.63, 3.8) is 0 Å². The van der Waals surface area contributed by atoms with Crippen molar-refractivity contribution in [1.29, 1.82) is 0 Å². The minimum Gasteiger partial charge on any atom is -0.369 e. The summed E-state index contributed by atoms with van der Waals surface area (Å²) < 4.78 is 0.768. The van der Waals surface area contributed by atoms with Crippen LogP contribution in [0, 0.1) is 6.92 Å². The molecule has 7 heteroatoms. The van der Waals surface area contributed by atoms with Gasteiger partial charge in [0.25, 0.3) is 0 Å². The van der Waals surface area contributed by atoms with Crippen LogP contribution >= 0.6 is 34.5 Å². The van der Waals surface area contributed by atoms with Crippen LogP contribution in [0.5, 0.6) is 0 Å². The number of hydrogen-bond donors (Lipinski definition) is 1. The van der Waals surface area contributed by atoms with Gasteiger partial charge in [0.2, 0.25) is 0 Å². The Morgan fingerprint density at radius 3 is 2.79 bits per heavy atom. The van der Waals surface area contributed by atoms with Crippen LogP contribution in [0.15, 0.2) is 12.1 Å². The minimum absolute atomic E-state index is 0.171. The van der Waals surface area contributed by atoms with Crippen LogP contribution in [0.25, 0.3) is 0 Å². The highest BCUT2D eigenvalue weighted by Crippen LogP contribution is 2.22. The van der Waals surface area contributed by atoms with Gasteiger partial charge in [0.15, 0.2) is 6.29 Å². The number of aromatic nitrogens is 2. The van der Waals surface area contributed by atoms with E-state index in [1.54, 1.807) is 6.92 Å². The normalized spacial score (nSPS) is 10.5. The number of anilines is 1. The van der Waals surface area contributed by atoms with Gasteiger partial charge in [-0.25, -0.2) is 9.97 Å². The summed E-state index contributed by atoms with van der Waals surface area (Å²) in [6.45, 7) is 2.37. The largest absolute Gasteiger partial charge is 0.369 e. The first-order valence-corrected chi connectivity index (χ1v) is 7.15. The third-order valence-corrected chi connectivity index (χ3v) is 4.00. The van der Waals surface area contributed by atoms with E-state index < -0.39 is 0 Å². The summed E-state index contributed by atoms with van der Waals surface area (Å²) in [4.78, 5) is 20.3. The highest BCUT2D eigenvalue weighted by Gasteiger charge is 2.10. The Kier molecular flexibility index (Phi) is 4.74. The van der Waals surface area contributed by atoms with Crippen molar-refractivity contribution in [2.45, 2.75) is 13.3 Å². The third-order valence-electron chi connectivity index (χ3n) is 2.42. The maximum absolute atomic E-state index is 11.0. The predicted molar refractivity (Wildman–Crippen MR) is 78.7 cm³/mol. The Hall–Kier alpha value is -1.17. The smallest absolute Gasteiger partial charge is 0.156 e. The molecule has 1 N–H and O–H groups in total. The average molecular weight is 316 g/mol. The molecule has 0 aliphatic carbocycles. The second-order valence-corrected chi connectivity index (χ2v) is 5.98. The molecule has 2 aromatic heterocycles. The standard InChI is InChI=1S/C12H11Cl2N3OS/c1-7-16-11(14)9(6-18)12(17-7)15-5-4-8-2-3-10(13)19-8/h2-3,6H,4-5H2,1H3,(H,15,16,17). The van der Waals surface area contributed by atoms with E-state index in [1.807, 2.05) is 12.1 Å². The Labute approximate surface area is 124 Å². The third kappa shape index (κ3) is 3.65. The number of aldehydes is 1. The number of halogens is 2. The number of nitrogens with one attached hydrogen (secondary N) is 1. The number of carbonyl (C=O) groups is 1. The van der Waals surface area contributed by atoms with Gasteiger partial charge in [-0.2, -0.15) is 0 Å². The Balaban J connectivity index is 2.05. The van der Waals surface area contributed by atoms with Crippen molar-refractivity contribution in [2.75, 3.05) is 11.9 Å². The average Bonchev–Trinajstić information content (AvgIpc) is 2.74. The molecule has 0 bridgehead atoms. The zero-order chi connectivity index (χ0) is 13.8. The van der Waals surface area contributed by atoms with Crippen LogP contribution in [0.2, 0.25) is 9.49 Å². The predicted octanol–water partition coefficient (Wildman–Crippen LogP) is 3.62. The Morgan fingerprint density at radius 2 is 2.16 bits per heavy atom. The van der Waals surface area contributed by atoms with Crippen LogP contribution in [0.4, 0.5) is 5.82 Å². The first-order valence-electron chi connectivity index (χ1n) is 5.57. The van der Waals surface area contributed by atoms with E-state index in [-0.39, 0.29) is 10.7 Å². The first-order chi connectivity index (χ1) is 9.10. The molecule has 100 valence electrons. The molecular formula is C12H11Cl2N3OS. The molecule has 0 radical (unpaired) electrons. The first kappa shape index (κ1) is 14.2. The summed E-state index contributed by atoms with van der Waals surface area (Å²) in [5, 5.41) is 3.27. The van der Waals surface area contributed by atoms with Gasteiger partial charge in [0.05, 0.1) is 9.90 Å². The molecule has 0 aliphatic heterocycles. The molecule has 0 fully saturated rings. The fraction of sp³-hybridized carbons (Fsp3) is 0.250. The van der Waals surface area contributed by atoms with E-state index in [9.17, 15) is 4.79 Å². The molecule has 4 nitrogen and oxygen atoms in total. The number of hydrogen-bond acceptors (Lipinski definition) is 5. The van der Waals surface area contributed by atoms with E-state index in [0.29, 0.717) is 24.5 Å². The van der Waals surface area contributed by atoms with Gasteiger partial charge in [-0.3, -0.25) is 4.79 Å². The summed E-state index contributed by atoms with van der Waals surface area (Å²) in [6, 6.07) is 3.84. The second kappa shape index (κ2) is 6.32. The topological polar surface area (TPSA) is 54.9 Å². The van der Waals surface area contributed by atoms with Crippen LogP contribution in [0.3, 0.4) is 0 Å². The van der Waals surface area contributed by atoms with E-state index >= 15 is 0 Å². The number of thiophene rings is 1. The quantitative estimate of drug-likeness (QED) is 0.676. The van der Waals surface area contributed by atoms with Crippen molar-refractivity contribution in [1.82, 2.24) is 9.97 Å². The van der Waals surface area contributed by atoms with E-state index in [1.165, 1.54) is 16.2 Å². The maximum atomic E-state index is 11.0. The molecule has 2 rings (SSSR count). The lowest BCUT2D eigenvalue weighted by molar-refractivity contribution is 0.112. The van der Waals surface area contributed by atoms with Gasteiger partial charge in [0, 0.05) is 11.4 Å². The van der Waals surface area contributed by atoms with Gasteiger partial charge < -0.3 is 5.32 Å². The van der Waals surface area contributed by atoms with Crippen LogP contribution in [-0.4, -0.2) is 22.8 Å². The summed E-state index contributed by atoms with van der Waals surface area (Å²) in [5.41, 5.74) is 0.288.